The van der Waals surface area contributed by atoms with Crippen molar-refractivity contribution in [2.45, 2.75) is 0 Å². The highest BCUT2D eigenvalue weighted by Gasteiger charge is 2.17. The van der Waals surface area contributed by atoms with Gasteiger partial charge in [-0.25, -0.2) is 4.98 Å². The van der Waals surface area contributed by atoms with Crippen molar-refractivity contribution < 1.29 is 14.1 Å². The Morgan fingerprint density at radius 1 is 1.44 bits per heavy atom. The van der Waals surface area contributed by atoms with Crippen LogP contribution in [0.25, 0.3) is 0 Å². The Bertz CT molecular complexity index is 611. The molecule has 0 radical (unpaired) electrons. The molecule has 2 aromatic heterocycles. The van der Waals surface area contributed by atoms with Gasteiger partial charge >= 0.3 is 5.88 Å². The van der Waals surface area contributed by atoms with Crippen molar-refractivity contribution in [3.63, 3.8) is 0 Å². The van der Waals surface area contributed by atoms with Gasteiger partial charge in [0.1, 0.15) is 4.92 Å². The summed E-state index contributed by atoms with van der Waals surface area (Å²) in [6.07, 6.45) is 1.47. The highest BCUT2D eigenvalue weighted by atomic mass is 35.5. The fraction of sp³-hybridized carbons (Fsp3) is 0. The summed E-state index contributed by atoms with van der Waals surface area (Å²) < 4.78 is 4.74. The first-order valence-electron chi connectivity index (χ1n) is 4.74. The average molecular weight is 268 g/mol. The maximum atomic E-state index is 11.7. The van der Waals surface area contributed by atoms with E-state index >= 15 is 0 Å². The maximum Gasteiger partial charge on any atom is 0.433 e. The van der Waals surface area contributed by atoms with E-state index in [0.29, 0.717) is 5.69 Å². The molecule has 2 rings (SSSR count). The Kier molecular flexibility index (Phi) is 3.24. The number of hydrogen-bond donors (Lipinski definition) is 1. The number of nitrogens with one attached hydrogen (secondary N) is 1. The predicted molar refractivity (Wildman–Crippen MR) is 62.6 cm³/mol. The molecule has 0 spiro atoms. The summed E-state index contributed by atoms with van der Waals surface area (Å²) in [5, 5.41) is 12.9. The summed E-state index contributed by atoms with van der Waals surface area (Å²) in [5.74, 6) is -1.32. The van der Waals surface area contributed by atoms with E-state index < -0.39 is 16.7 Å². The van der Waals surface area contributed by atoms with Crippen LogP contribution >= 0.6 is 11.6 Å². The van der Waals surface area contributed by atoms with E-state index in [4.69, 9.17) is 16.0 Å². The Hall–Kier alpha value is -2.41. The van der Waals surface area contributed by atoms with Crippen LogP contribution in [-0.4, -0.2) is 15.8 Å². The van der Waals surface area contributed by atoms with Gasteiger partial charge in [-0.3, -0.25) is 14.9 Å². The van der Waals surface area contributed by atoms with E-state index in [1.165, 1.54) is 12.3 Å². The van der Waals surface area contributed by atoms with Gasteiger partial charge in [0.15, 0.2) is 10.9 Å². The van der Waals surface area contributed by atoms with Crippen LogP contribution in [0.1, 0.15) is 10.6 Å². The molecular weight excluding hydrogens is 262 g/mol. The van der Waals surface area contributed by atoms with E-state index in [2.05, 4.69) is 10.3 Å². The molecule has 0 aliphatic rings. The van der Waals surface area contributed by atoms with Crippen molar-refractivity contribution in [3.8, 4) is 0 Å². The van der Waals surface area contributed by atoms with E-state index in [1.54, 1.807) is 12.1 Å². The lowest BCUT2D eigenvalue weighted by atomic mass is 10.3. The minimum Gasteiger partial charge on any atom is -0.395 e. The molecule has 7 nitrogen and oxygen atoms in total. The fourth-order valence-corrected chi connectivity index (χ4v) is 1.38. The Morgan fingerprint density at radius 2 is 2.22 bits per heavy atom. The third kappa shape index (κ3) is 2.46. The van der Waals surface area contributed by atoms with Gasteiger partial charge in [-0.2, -0.15) is 0 Å². The fourth-order valence-electron chi connectivity index (χ4n) is 1.21. The van der Waals surface area contributed by atoms with Gasteiger partial charge in [-0.1, -0.05) is 11.6 Å². The highest BCUT2D eigenvalue weighted by Crippen LogP contribution is 2.20. The zero-order valence-corrected chi connectivity index (χ0v) is 9.55. The molecule has 0 fully saturated rings. The van der Waals surface area contributed by atoms with E-state index in [9.17, 15) is 14.9 Å². The van der Waals surface area contributed by atoms with Crippen molar-refractivity contribution >= 4 is 29.1 Å². The summed E-state index contributed by atoms with van der Waals surface area (Å²) in [6.45, 7) is 0. The number of halogens is 1. The number of anilines is 1. The van der Waals surface area contributed by atoms with Crippen LogP contribution in [0.2, 0.25) is 5.15 Å². The predicted octanol–water partition coefficient (Wildman–Crippen LogP) is 2.49. The Morgan fingerprint density at radius 3 is 2.83 bits per heavy atom. The molecular formula is C10H6ClN3O4. The van der Waals surface area contributed by atoms with Gasteiger partial charge < -0.3 is 9.73 Å². The molecule has 0 aliphatic heterocycles. The second kappa shape index (κ2) is 4.84. The largest absolute Gasteiger partial charge is 0.433 e. The lowest BCUT2D eigenvalue weighted by Gasteiger charge is -2.03. The molecule has 1 N–H and O–H groups in total. The van der Waals surface area contributed by atoms with E-state index in [-0.39, 0.29) is 10.9 Å². The second-order valence-electron chi connectivity index (χ2n) is 3.19. The van der Waals surface area contributed by atoms with Gasteiger partial charge in [0, 0.05) is 6.20 Å². The van der Waals surface area contributed by atoms with Crippen molar-refractivity contribution in [2.24, 2.45) is 0 Å². The topological polar surface area (TPSA) is 98.3 Å². The molecule has 0 unspecified atom stereocenters. The van der Waals surface area contributed by atoms with Crippen molar-refractivity contribution in [1.82, 2.24) is 4.98 Å². The summed E-state index contributed by atoms with van der Waals surface area (Å²) in [5.41, 5.74) is 0.295. The molecule has 0 bridgehead atoms. The summed E-state index contributed by atoms with van der Waals surface area (Å²) >= 11 is 5.75. The van der Waals surface area contributed by atoms with Crippen LogP contribution in [0, 0.1) is 10.1 Å². The smallest absolute Gasteiger partial charge is 0.395 e. The molecule has 0 saturated carbocycles. The number of furan rings is 1. The number of hydrogen-bond acceptors (Lipinski definition) is 5. The maximum absolute atomic E-state index is 11.7. The number of aromatic nitrogens is 1. The SMILES string of the molecule is O=C(Nc1cccnc1Cl)c1ccc([N+](=O)[O-])o1. The monoisotopic (exact) mass is 267 g/mol. The third-order valence-corrected chi connectivity index (χ3v) is 2.30. The molecule has 0 aliphatic carbocycles. The number of amides is 1. The van der Waals surface area contributed by atoms with Gasteiger partial charge in [0.25, 0.3) is 5.91 Å². The van der Waals surface area contributed by atoms with Crippen LogP contribution < -0.4 is 5.32 Å². The Balaban J connectivity index is 2.17. The molecule has 18 heavy (non-hydrogen) atoms. The summed E-state index contributed by atoms with van der Waals surface area (Å²) in [6, 6.07) is 5.44. The minimum absolute atomic E-state index is 0.118. The Labute approximate surface area is 106 Å². The third-order valence-electron chi connectivity index (χ3n) is 2.00. The number of nitrogens with zero attached hydrogens (tertiary/aromatic N) is 2. The molecule has 0 saturated heterocycles. The molecule has 8 heteroatoms. The quantitative estimate of drug-likeness (QED) is 0.523. The summed E-state index contributed by atoms with van der Waals surface area (Å²) in [4.78, 5) is 25.1. The van der Waals surface area contributed by atoms with Crippen LogP contribution in [0.3, 0.4) is 0 Å². The number of pyridine rings is 1. The lowest BCUT2D eigenvalue weighted by molar-refractivity contribution is -0.402. The average Bonchev–Trinajstić information content (AvgIpc) is 2.81. The van der Waals surface area contributed by atoms with Crippen LogP contribution in [0.4, 0.5) is 11.6 Å². The standard InChI is InChI=1S/C10H6ClN3O4/c11-9-6(2-1-5-12-9)13-10(15)7-3-4-8(18-7)14(16)17/h1-5H,(H,13,15). The molecule has 0 atom stereocenters. The zero-order chi connectivity index (χ0) is 13.1. The highest BCUT2D eigenvalue weighted by molar-refractivity contribution is 6.32. The van der Waals surface area contributed by atoms with Crippen LogP contribution in [0.15, 0.2) is 34.9 Å². The van der Waals surface area contributed by atoms with Crippen molar-refractivity contribution in [2.75, 3.05) is 5.32 Å². The van der Waals surface area contributed by atoms with Crippen LogP contribution in [0.5, 0.6) is 0 Å². The van der Waals surface area contributed by atoms with Gasteiger partial charge in [0.2, 0.25) is 0 Å². The summed E-state index contributed by atoms with van der Waals surface area (Å²) in [7, 11) is 0. The minimum atomic E-state index is -0.728. The molecule has 92 valence electrons. The van der Waals surface area contributed by atoms with Crippen molar-refractivity contribution in [3.05, 3.63) is 51.5 Å². The first kappa shape index (κ1) is 12.1. The lowest BCUT2D eigenvalue weighted by Crippen LogP contribution is -2.11. The molecule has 2 aromatic rings. The molecule has 1 amide bonds. The zero-order valence-electron chi connectivity index (χ0n) is 8.79. The first-order chi connectivity index (χ1) is 8.58. The molecule has 0 aromatic carbocycles. The van der Waals surface area contributed by atoms with Gasteiger partial charge in [-0.05, 0) is 18.2 Å². The van der Waals surface area contributed by atoms with Gasteiger partial charge in [0.05, 0.1) is 11.8 Å². The normalized spacial score (nSPS) is 10.1. The first-order valence-corrected chi connectivity index (χ1v) is 5.12. The van der Waals surface area contributed by atoms with E-state index in [0.717, 1.165) is 6.07 Å². The number of rotatable bonds is 3. The van der Waals surface area contributed by atoms with Crippen LogP contribution in [-0.2, 0) is 0 Å². The van der Waals surface area contributed by atoms with Gasteiger partial charge in [-0.15, -0.1) is 0 Å². The second-order valence-corrected chi connectivity index (χ2v) is 3.55. The number of carbonyl (C=O) groups excluding carboxylic acids is 1. The number of nitro groups is 1. The van der Waals surface area contributed by atoms with Crippen molar-refractivity contribution in [1.29, 1.82) is 0 Å². The molecule has 2 heterocycles. The van der Waals surface area contributed by atoms with E-state index in [1.807, 2.05) is 0 Å². The number of carbonyl (C=O) groups is 1.